The smallest absolute Gasteiger partial charge is 0.344 e. The van der Waals surface area contributed by atoms with Crippen LogP contribution in [0.5, 0.6) is 23.0 Å². The zero-order chi connectivity index (χ0) is 24.4. The van der Waals surface area contributed by atoms with Gasteiger partial charge in [-0.2, -0.15) is 0 Å². The van der Waals surface area contributed by atoms with Crippen LogP contribution in [0.25, 0.3) is 44.0 Å². The number of benzene rings is 4. The summed E-state index contributed by atoms with van der Waals surface area (Å²) in [6.07, 6.45) is 0. The Balaban J connectivity index is 1.66. The van der Waals surface area contributed by atoms with Crippen molar-refractivity contribution in [2.24, 2.45) is 0 Å². The second kappa shape index (κ2) is 7.26. The molecule has 0 unspecified atom stereocenters. The van der Waals surface area contributed by atoms with E-state index in [0.717, 1.165) is 0 Å². The van der Waals surface area contributed by atoms with E-state index in [4.69, 9.17) is 9.15 Å². The topological polar surface area (TPSA) is 137 Å². The third-order valence-electron chi connectivity index (χ3n) is 6.20. The molecule has 35 heavy (non-hydrogen) atoms. The van der Waals surface area contributed by atoms with Gasteiger partial charge in [0.1, 0.15) is 35.2 Å². The van der Waals surface area contributed by atoms with E-state index in [1.54, 1.807) is 24.3 Å². The van der Waals surface area contributed by atoms with Crippen molar-refractivity contribution >= 4 is 27.7 Å². The van der Waals surface area contributed by atoms with Gasteiger partial charge >= 0.3 is 11.6 Å². The summed E-state index contributed by atoms with van der Waals surface area (Å²) in [7, 11) is 0. The van der Waals surface area contributed by atoms with Crippen molar-refractivity contribution in [1.29, 1.82) is 0 Å². The lowest BCUT2D eigenvalue weighted by atomic mass is 9.90. The first-order valence-electron chi connectivity index (χ1n) is 10.6. The van der Waals surface area contributed by atoms with Crippen LogP contribution in [-0.4, -0.2) is 26.4 Å². The predicted octanol–water partition coefficient (Wildman–Crippen LogP) is 4.77. The van der Waals surface area contributed by atoms with Gasteiger partial charge in [0.25, 0.3) is 0 Å². The van der Waals surface area contributed by atoms with Crippen LogP contribution in [0.15, 0.2) is 69.9 Å². The molecule has 0 saturated carbocycles. The van der Waals surface area contributed by atoms with Crippen LogP contribution in [0.1, 0.15) is 15.9 Å². The number of rotatable bonds is 1. The lowest BCUT2D eigenvalue weighted by Crippen LogP contribution is -2.03. The summed E-state index contributed by atoms with van der Waals surface area (Å²) < 4.78 is 10.6. The fourth-order valence-corrected chi connectivity index (χ4v) is 4.55. The summed E-state index contributed by atoms with van der Waals surface area (Å²) >= 11 is 0. The number of aromatic hydroxyl groups is 4. The Morgan fingerprint density at radius 1 is 0.600 bits per heavy atom. The monoisotopic (exact) mass is 468 g/mol. The maximum absolute atomic E-state index is 12.6. The zero-order valence-electron chi connectivity index (χ0n) is 17.9. The molecule has 6 rings (SSSR count). The largest absolute Gasteiger partial charge is 0.508 e. The molecule has 4 N–H and O–H groups in total. The minimum Gasteiger partial charge on any atom is -0.508 e. The van der Waals surface area contributed by atoms with Crippen LogP contribution in [0.2, 0.25) is 0 Å². The first-order chi connectivity index (χ1) is 16.8. The average molecular weight is 468 g/mol. The van der Waals surface area contributed by atoms with E-state index in [0.29, 0.717) is 27.5 Å². The summed E-state index contributed by atoms with van der Waals surface area (Å²) in [6, 6.07) is 14.6. The maximum Gasteiger partial charge on any atom is 0.344 e. The summed E-state index contributed by atoms with van der Waals surface area (Å²) in [5.41, 5.74) is 1.72. The highest BCUT2D eigenvalue weighted by Crippen LogP contribution is 2.44. The molecule has 0 amide bonds. The van der Waals surface area contributed by atoms with Crippen molar-refractivity contribution in [3.8, 4) is 45.3 Å². The number of phenolic OH excluding ortho intramolecular Hbond substituents is 4. The molecule has 0 aliphatic carbocycles. The van der Waals surface area contributed by atoms with Gasteiger partial charge in [0.05, 0.1) is 10.9 Å². The van der Waals surface area contributed by atoms with Crippen LogP contribution < -0.4 is 5.63 Å². The number of hydrogen-bond donors (Lipinski definition) is 4. The van der Waals surface area contributed by atoms with Crippen molar-refractivity contribution in [2.75, 3.05) is 0 Å². The highest BCUT2D eigenvalue weighted by Gasteiger charge is 2.25. The van der Waals surface area contributed by atoms with E-state index in [1.807, 2.05) is 0 Å². The van der Waals surface area contributed by atoms with E-state index in [1.165, 1.54) is 36.4 Å². The molecule has 1 aliphatic heterocycles. The lowest BCUT2D eigenvalue weighted by Gasteiger charge is -2.14. The van der Waals surface area contributed by atoms with Crippen molar-refractivity contribution in [3.63, 3.8) is 0 Å². The molecule has 8 nitrogen and oxygen atoms in total. The van der Waals surface area contributed by atoms with Gasteiger partial charge in [0.15, 0.2) is 0 Å². The van der Waals surface area contributed by atoms with Gasteiger partial charge < -0.3 is 29.6 Å². The number of fused-ring (bicyclic) bond motifs is 6. The normalized spacial score (nSPS) is 12.7. The van der Waals surface area contributed by atoms with Gasteiger partial charge in [-0.1, -0.05) is 6.07 Å². The fourth-order valence-electron chi connectivity index (χ4n) is 4.55. The van der Waals surface area contributed by atoms with Gasteiger partial charge in [-0.25, -0.2) is 9.59 Å². The van der Waals surface area contributed by atoms with Gasteiger partial charge in [-0.05, 0) is 59.7 Å². The Morgan fingerprint density at radius 3 is 2.14 bits per heavy atom. The summed E-state index contributed by atoms with van der Waals surface area (Å²) in [5, 5.41) is 42.4. The SMILES string of the molecule is O=C1OCc2cc(O)ccc2-c2cc(-c3cc4c(cc3O)c(=O)oc3cc(O)ccc34)c(O)cc21. The van der Waals surface area contributed by atoms with Crippen molar-refractivity contribution in [2.45, 2.75) is 6.61 Å². The molecular formula is C27H16O8. The minimum atomic E-state index is -0.692. The molecule has 0 spiro atoms. The number of esters is 1. The second-order valence-electron chi connectivity index (χ2n) is 8.32. The van der Waals surface area contributed by atoms with Gasteiger partial charge in [0, 0.05) is 33.5 Å². The van der Waals surface area contributed by atoms with E-state index < -0.39 is 11.6 Å². The van der Waals surface area contributed by atoms with Crippen LogP contribution in [-0.2, 0) is 11.3 Å². The Bertz CT molecular complexity index is 1780. The Labute approximate surface area is 196 Å². The molecule has 0 radical (unpaired) electrons. The minimum absolute atomic E-state index is 0.0196. The first-order valence-corrected chi connectivity index (χ1v) is 10.6. The Morgan fingerprint density at radius 2 is 1.31 bits per heavy atom. The van der Waals surface area contributed by atoms with E-state index in [2.05, 4.69) is 0 Å². The van der Waals surface area contributed by atoms with Crippen molar-refractivity contribution in [3.05, 3.63) is 82.2 Å². The predicted molar refractivity (Wildman–Crippen MR) is 127 cm³/mol. The highest BCUT2D eigenvalue weighted by atomic mass is 16.5. The molecule has 0 saturated heterocycles. The fraction of sp³-hybridized carbons (Fsp3) is 0.0370. The summed E-state index contributed by atoms with van der Waals surface area (Å²) in [6.45, 7) is -0.0524. The number of carbonyl (C=O) groups excluding carboxylic acids is 1. The van der Waals surface area contributed by atoms with Crippen LogP contribution >= 0.6 is 0 Å². The maximum atomic E-state index is 12.6. The summed E-state index contributed by atoms with van der Waals surface area (Å²) in [4.78, 5) is 25.1. The number of cyclic esters (lactones) is 1. The molecule has 0 atom stereocenters. The quantitative estimate of drug-likeness (QED) is 0.157. The Hall–Kier alpha value is -4.98. The highest BCUT2D eigenvalue weighted by molar-refractivity contribution is 6.08. The number of carbonyl (C=O) groups is 1. The van der Waals surface area contributed by atoms with Gasteiger partial charge in [-0.15, -0.1) is 0 Å². The van der Waals surface area contributed by atoms with Crippen molar-refractivity contribution < 1.29 is 34.4 Å². The lowest BCUT2D eigenvalue weighted by molar-refractivity contribution is 0.0478. The van der Waals surface area contributed by atoms with E-state index >= 15 is 0 Å². The van der Waals surface area contributed by atoms with Crippen LogP contribution in [0.4, 0.5) is 0 Å². The third kappa shape index (κ3) is 3.15. The van der Waals surface area contributed by atoms with E-state index in [9.17, 15) is 30.0 Å². The molecule has 1 aromatic heterocycles. The molecule has 0 bridgehead atoms. The third-order valence-corrected chi connectivity index (χ3v) is 6.20. The standard InChI is InChI=1S/C27H16O8/c28-13-1-3-15-12(5-13)11-34-26(32)21-9-23(30)19(7-17(15)21)20-8-18-16-4-2-14(29)6-25(16)35-27(33)22(18)10-24(20)31/h1-10,28-31H,11H2. The molecule has 0 fully saturated rings. The molecule has 172 valence electrons. The van der Waals surface area contributed by atoms with Crippen molar-refractivity contribution in [1.82, 2.24) is 0 Å². The number of phenols is 4. The zero-order valence-corrected chi connectivity index (χ0v) is 17.9. The molecular weight excluding hydrogens is 452 g/mol. The first kappa shape index (κ1) is 20.6. The van der Waals surface area contributed by atoms with Gasteiger partial charge in [-0.3, -0.25) is 0 Å². The average Bonchev–Trinajstić information content (AvgIpc) is 2.95. The second-order valence-corrected chi connectivity index (χ2v) is 8.32. The van der Waals surface area contributed by atoms with E-state index in [-0.39, 0.29) is 57.3 Å². The number of ether oxygens (including phenoxy) is 1. The molecule has 4 aromatic carbocycles. The molecule has 8 heteroatoms. The summed E-state index contributed by atoms with van der Waals surface area (Å²) in [5.74, 6) is -1.24. The number of hydrogen-bond acceptors (Lipinski definition) is 8. The van der Waals surface area contributed by atoms with Gasteiger partial charge in [0.2, 0.25) is 0 Å². The van der Waals surface area contributed by atoms with Crippen LogP contribution in [0.3, 0.4) is 0 Å². The molecule has 5 aromatic rings. The molecule has 1 aliphatic rings. The Kier molecular flexibility index (Phi) is 4.28. The molecule has 2 heterocycles. The van der Waals surface area contributed by atoms with Crippen LogP contribution in [0, 0.1) is 0 Å².